The van der Waals surface area contributed by atoms with Crippen LogP contribution in [0.25, 0.3) is 6.08 Å². The van der Waals surface area contributed by atoms with Crippen LogP contribution in [0.5, 0.6) is 5.75 Å². The van der Waals surface area contributed by atoms with Gasteiger partial charge in [0.05, 0.1) is 0 Å². The summed E-state index contributed by atoms with van der Waals surface area (Å²) in [6.45, 7) is 8.74. The van der Waals surface area contributed by atoms with Gasteiger partial charge in [-0.2, -0.15) is 0 Å². The van der Waals surface area contributed by atoms with Gasteiger partial charge in [-0.1, -0.05) is 24.8 Å². The number of benzene rings is 1. The molecule has 1 aromatic carbocycles. The molecule has 19 heavy (non-hydrogen) atoms. The number of carbonyl (C=O) groups is 1. The summed E-state index contributed by atoms with van der Waals surface area (Å²) in [5.74, 6) is -0.108. The van der Waals surface area contributed by atoms with Crippen molar-refractivity contribution in [2.45, 2.75) is 32.5 Å². The molecule has 0 spiro atoms. The standard InChI is InChI=1S/C15H20O4/c1-5-11-6-8-12(9-7-11)18-10-13(16)14(17)19-15(2,3)4/h5-9,13,16H,1,10H2,2-4H3/t13-/m1/s1. The quantitative estimate of drug-likeness (QED) is 0.830. The topological polar surface area (TPSA) is 55.8 Å². The predicted octanol–water partition coefficient (Wildman–Crippen LogP) is 2.41. The lowest BCUT2D eigenvalue weighted by atomic mass is 10.2. The van der Waals surface area contributed by atoms with Crippen LogP contribution in [0.2, 0.25) is 0 Å². The third kappa shape index (κ3) is 5.57. The monoisotopic (exact) mass is 264 g/mol. The maximum absolute atomic E-state index is 11.5. The lowest BCUT2D eigenvalue weighted by Gasteiger charge is -2.21. The zero-order valence-corrected chi connectivity index (χ0v) is 11.6. The zero-order chi connectivity index (χ0) is 14.5. The number of aliphatic hydroxyl groups excluding tert-OH is 1. The molecule has 0 heterocycles. The average Bonchev–Trinajstić information content (AvgIpc) is 2.34. The normalized spacial score (nSPS) is 12.6. The maximum atomic E-state index is 11.5. The van der Waals surface area contributed by atoms with Crippen LogP contribution in [0.15, 0.2) is 30.8 Å². The third-order valence-corrected chi connectivity index (χ3v) is 2.20. The van der Waals surface area contributed by atoms with Gasteiger partial charge in [-0.25, -0.2) is 4.79 Å². The van der Waals surface area contributed by atoms with Crippen molar-refractivity contribution in [2.75, 3.05) is 6.61 Å². The summed E-state index contributed by atoms with van der Waals surface area (Å²) in [6, 6.07) is 7.17. The van der Waals surface area contributed by atoms with Crippen molar-refractivity contribution in [3.63, 3.8) is 0 Å². The van der Waals surface area contributed by atoms with Gasteiger partial charge in [-0.15, -0.1) is 0 Å². The second-order valence-corrected chi connectivity index (χ2v) is 5.13. The van der Waals surface area contributed by atoms with Gasteiger partial charge < -0.3 is 14.6 Å². The molecule has 0 unspecified atom stereocenters. The van der Waals surface area contributed by atoms with E-state index in [1.165, 1.54) is 0 Å². The molecule has 0 aliphatic carbocycles. The summed E-state index contributed by atoms with van der Waals surface area (Å²) in [5.41, 5.74) is 0.351. The Kier molecular flexibility index (Phi) is 5.12. The Hall–Kier alpha value is -1.81. The van der Waals surface area contributed by atoms with Crippen LogP contribution in [-0.2, 0) is 9.53 Å². The molecule has 0 saturated heterocycles. The maximum Gasteiger partial charge on any atom is 0.339 e. The van der Waals surface area contributed by atoms with Gasteiger partial charge in [-0.05, 0) is 38.5 Å². The van der Waals surface area contributed by atoms with Crippen LogP contribution >= 0.6 is 0 Å². The summed E-state index contributed by atoms with van der Waals surface area (Å²) in [6.07, 6.45) is 0.428. The van der Waals surface area contributed by atoms with Gasteiger partial charge >= 0.3 is 5.97 Å². The Morgan fingerprint density at radius 1 is 1.37 bits per heavy atom. The van der Waals surface area contributed by atoms with Crippen molar-refractivity contribution >= 4 is 12.0 Å². The van der Waals surface area contributed by atoms with E-state index in [9.17, 15) is 9.90 Å². The highest BCUT2D eigenvalue weighted by Crippen LogP contribution is 2.14. The summed E-state index contributed by atoms with van der Waals surface area (Å²) in [5, 5.41) is 9.63. The molecule has 1 rings (SSSR count). The van der Waals surface area contributed by atoms with E-state index in [0.717, 1.165) is 5.56 Å². The molecule has 0 bridgehead atoms. The van der Waals surface area contributed by atoms with Crippen molar-refractivity contribution in [1.29, 1.82) is 0 Å². The van der Waals surface area contributed by atoms with Crippen LogP contribution in [0, 0.1) is 0 Å². The van der Waals surface area contributed by atoms with Crippen LogP contribution in [0.3, 0.4) is 0 Å². The Balaban J connectivity index is 2.46. The molecule has 1 aromatic rings. The first-order valence-corrected chi connectivity index (χ1v) is 6.08. The fourth-order valence-electron chi connectivity index (χ4n) is 1.31. The SMILES string of the molecule is C=Cc1ccc(OC[C@@H](O)C(=O)OC(C)(C)C)cc1. The molecule has 0 aliphatic heterocycles. The Morgan fingerprint density at radius 3 is 2.42 bits per heavy atom. The Morgan fingerprint density at radius 2 is 1.95 bits per heavy atom. The largest absolute Gasteiger partial charge is 0.490 e. The molecule has 0 fully saturated rings. The van der Waals surface area contributed by atoms with Crippen LogP contribution in [-0.4, -0.2) is 29.4 Å². The molecule has 0 aromatic heterocycles. The first-order valence-electron chi connectivity index (χ1n) is 6.08. The highest BCUT2D eigenvalue weighted by molar-refractivity contribution is 5.75. The van der Waals surface area contributed by atoms with Gasteiger partial charge in [0.15, 0.2) is 6.10 Å². The Labute approximate surface area is 113 Å². The molecule has 0 radical (unpaired) electrons. The summed E-state index contributed by atoms with van der Waals surface area (Å²) < 4.78 is 10.4. The van der Waals surface area contributed by atoms with Crippen LogP contribution < -0.4 is 4.74 Å². The molecule has 4 heteroatoms. The van der Waals surface area contributed by atoms with E-state index >= 15 is 0 Å². The molecule has 4 nitrogen and oxygen atoms in total. The third-order valence-electron chi connectivity index (χ3n) is 2.20. The number of ether oxygens (including phenoxy) is 2. The number of hydrogen-bond donors (Lipinski definition) is 1. The minimum absolute atomic E-state index is 0.137. The van der Waals surface area contributed by atoms with E-state index in [4.69, 9.17) is 9.47 Å². The number of hydrogen-bond acceptors (Lipinski definition) is 4. The molecule has 104 valence electrons. The molecular weight excluding hydrogens is 244 g/mol. The average molecular weight is 264 g/mol. The van der Waals surface area contributed by atoms with E-state index in [-0.39, 0.29) is 6.61 Å². The van der Waals surface area contributed by atoms with Gasteiger partial charge in [-0.3, -0.25) is 0 Å². The second-order valence-electron chi connectivity index (χ2n) is 5.13. The van der Waals surface area contributed by atoms with Crippen molar-refractivity contribution in [1.82, 2.24) is 0 Å². The lowest BCUT2D eigenvalue weighted by Crippen LogP contribution is -2.35. The highest BCUT2D eigenvalue weighted by atomic mass is 16.6. The van der Waals surface area contributed by atoms with Crippen LogP contribution in [0.1, 0.15) is 26.3 Å². The van der Waals surface area contributed by atoms with Gasteiger partial charge in [0, 0.05) is 0 Å². The predicted molar refractivity (Wildman–Crippen MR) is 73.9 cm³/mol. The minimum atomic E-state index is -1.29. The fourth-order valence-corrected chi connectivity index (χ4v) is 1.31. The number of aliphatic hydroxyl groups is 1. The van der Waals surface area contributed by atoms with Crippen molar-refractivity contribution < 1.29 is 19.4 Å². The van der Waals surface area contributed by atoms with Crippen molar-refractivity contribution in [3.05, 3.63) is 36.4 Å². The second kappa shape index (κ2) is 6.38. The van der Waals surface area contributed by atoms with E-state index in [2.05, 4.69) is 6.58 Å². The smallest absolute Gasteiger partial charge is 0.339 e. The minimum Gasteiger partial charge on any atom is -0.490 e. The van der Waals surface area contributed by atoms with E-state index in [1.807, 2.05) is 12.1 Å². The molecule has 0 amide bonds. The molecule has 0 saturated carbocycles. The van der Waals surface area contributed by atoms with E-state index < -0.39 is 17.7 Å². The summed E-state index contributed by atoms with van der Waals surface area (Å²) in [7, 11) is 0. The fraction of sp³-hybridized carbons (Fsp3) is 0.400. The van der Waals surface area contributed by atoms with Gasteiger partial charge in [0.2, 0.25) is 0 Å². The first-order chi connectivity index (χ1) is 8.81. The number of rotatable bonds is 5. The summed E-state index contributed by atoms with van der Waals surface area (Å²) >= 11 is 0. The molecule has 1 N–H and O–H groups in total. The van der Waals surface area contributed by atoms with Crippen LogP contribution in [0.4, 0.5) is 0 Å². The number of esters is 1. The van der Waals surface area contributed by atoms with Crippen molar-refractivity contribution in [3.8, 4) is 5.75 Å². The molecule has 1 atom stereocenters. The van der Waals surface area contributed by atoms with E-state index in [1.54, 1.807) is 39.0 Å². The lowest BCUT2D eigenvalue weighted by molar-refractivity contribution is -0.166. The zero-order valence-electron chi connectivity index (χ0n) is 11.6. The first kappa shape index (κ1) is 15.2. The van der Waals surface area contributed by atoms with E-state index in [0.29, 0.717) is 5.75 Å². The number of carbonyl (C=O) groups excluding carboxylic acids is 1. The molecular formula is C15H20O4. The van der Waals surface area contributed by atoms with Crippen molar-refractivity contribution in [2.24, 2.45) is 0 Å². The highest BCUT2D eigenvalue weighted by Gasteiger charge is 2.23. The summed E-state index contributed by atoms with van der Waals surface area (Å²) in [4.78, 5) is 11.5. The molecule has 0 aliphatic rings. The van der Waals surface area contributed by atoms with Gasteiger partial charge in [0.1, 0.15) is 18.0 Å². The van der Waals surface area contributed by atoms with Gasteiger partial charge in [0.25, 0.3) is 0 Å². The Bertz CT molecular complexity index is 428.